The highest BCUT2D eigenvalue weighted by Gasteiger charge is 2.07. The Morgan fingerprint density at radius 3 is 2.80 bits per heavy atom. The number of ether oxygens (including phenoxy) is 1. The molecule has 0 radical (unpaired) electrons. The molecule has 0 heterocycles. The van der Waals surface area contributed by atoms with Crippen LogP contribution in [0, 0.1) is 0 Å². The molecule has 0 aromatic heterocycles. The summed E-state index contributed by atoms with van der Waals surface area (Å²) < 4.78 is 5.71. The molecule has 0 spiro atoms. The van der Waals surface area contributed by atoms with E-state index in [0.717, 1.165) is 10.9 Å². The van der Waals surface area contributed by atoms with Crippen molar-refractivity contribution in [1.29, 1.82) is 0 Å². The van der Waals surface area contributed by atoms with Crippen molar-refractivity contribution in [3.05, 3.63) is 33.3 Å². The Morgan fingerprint density at radius 2 is 2.20 bits per heavy atom. The molecule has 4 heteroatoms. The number of rotatable bonds is 5. The Morgan fingerprint density at radius 1 is 1.47 bits per heavy atom. The van der Waals surface area contributed by atoms with Crippen LogP contribution in [0.15, 0.2) is 22.7 Å². The van der Waals surface area contributed by atoms with E-state index >= 15 is 0 Å². The molecular formula is C11H12BrClO2. The lowest BCUT2D eigenvalue weighted by atomic mass is 10.1. The van der Waals surface area contributed by atoms with Crippen molar-refractivity contribution >= 4 is 33.3 Å². The van der Waals surface area contributed by atoms with Gasteiger partial charge in [0.15, 0.2) is 5.78 Å². The predicted molar refractivity (Wildman–Crippen MR) is 64.6 cm³/mol. The van der Waals surface area contributed by atoms with Gasteiger partial charge in [-0.15, -0.1) is 0 Å². The van der Waals surface area contributed by atoms with E-state index in [-0.39, 0.29) is 5.78 Å². The summed E-state index contributed by atoms with van der Waals surface area (Å²) in [7, 11) is 1.63. The Balaban J connectivity index is 2.65. The quantitative estimate of drug-likeness (QED) is 0.610. The fraction of sp³-hybridized carbons (Fsp3) is 0.364. The lowest BCUT2D eigenvalue weighted by molar-refractivity contribution is 0.0963. The van der Waals surface area contributed by atoms with Crippen molar-refractivity contribution in [3.63, 3.8) is 0 Å². The normalized spacial score (nSPS) is 10.3. The molecule has 0 aliphatic heterocycles. The molecule has 0 N–H and O–H groups in total. The van der Waals surface area contributed by atoms with Gasteiger partial charge >= 0.3 is 0 Å². The summed E-state index contributed by atoms with van der Waals surface area (Å²) >= 11 is 9.15. The second-order valence-electron chi connectivity index (χ2n) is 3.18. The smallest absolute Gasteiger partial charge is 0.163 e. The maximum Gasteiger partial charge on any atom is 0.163 e. The Hall–Kier alpha value is -0.380. The van der Waals surface area contributed by atoms with Crippen molar-refractivity contribution in [2.45, 2.75) is 12.8 Å². The minimum atomic E-state index is 0.0928. The van der Waals surface area contributed by atoms with Gasteiger partial charge in [0, 0.05) is 35.2 Å². The number of Topliss-reactive ketones (excluding diaryl/α,β-unsaturated/α-hetero) is 1. The van der Waals surface area contributed by atoms with Crippen molar-refractivity contribution in [3.8, 4) is 0 Å². The highest BCUT2D eigenvalue weighted by molar-refractivity contribution is 9.10. The minimum absolute atomic E-state index is 0.0928. The zero-order valence-corrected chi connectivity index (χ0v) is 10.8. The van der Waals surface area contributed by atoms with Crippen LogP contribution in [-0.4, -0.2) is 19.5 Å². The first kappa shape index (κ1) is 12.7. The highest BCUT2D eigenvalue weighted by atomic mass is 79.9. The number of carbonyl (C=O) groups is 1. The first-order valence-electron chi connectivity index (χ1n) is 4.61. The Bertz CT molecular complexity index is 332. The molecule has 0 fully saturated rings. The van der Waals surface area contributed by atoms with Crippen LogP contribution < -0.4 is 0 Å². The summed E-state index contributed by atoms with van der Waals surface area (Å²) in [6, 6.07) is 5.22. The average Bonchev–Trinajstić information content (AvgIpc) is 2.16. The van der Waals surface area contributed by atoms with Gasteiger partial charge in [0.25, 0.3) is 0 Å². The van der Waals surface area contributed by atoms with Crippen molar-refractivity contribution in [2.75, 3.05) is 13.7 Å². The van der Waals surface area contributed by atoms with E-state index in [1.54, 1.807) is 25.3 Å². The maximum absolute atomic E-state index is 11.7. The molecule has 1 aromatic carbocycles. The van der Waals surface area contributed by atoms with E-state index in [4.69, 9.17) is 16.3 Å². The summed E-state index contributed by atoms with van der Waals surface area (Å²) in [4.78, 5) is 11.7. The van der Waals surface area contributed by atoms with E-state index in [2.05, 4.69) is 15.9 Å². The van der Waals surface area contributed by atoms with E-state index < -0.39 is 0 Å². The number of carbonyl (C=O) groups excluding carboxylic acids is 1. The van der Waals surface area contributed by atoms with Crippen LogP contribution in [0.1, 0.15) is 23.2 Å². The van der Waals surface area contributed by atoms with Crippen LogP contribution in [0.2, 0.25) is 5.02 Å². The van der Waals surface area contributed by atoms with Gasteiger partial charge in [0.2, 0.25) is 0 Å². The first-order valence-corrected chi connectivity index (χ1v) is 5.79. The number of methoxy groups -OCH3 is 1. The van der Waals surface area contributed by atoms with E-state index in [0.29, 0.717) is 23.6 Å². The zero-order chi connectivity index (χ0) is 11.3. The molecule has 0 aliphatic rings. The fourth-order valence-electron chi connectivity index (χ4n) is 1.24. The Kier molecular flexibility index (Phi) is 5.29. The van der Waals surface area contributed by atoms with Crippen molar-refractivity contribution in [1.82, 2.24) is 0 Å². The average molecular weight is 292 g/mol. The molecule has 0 saturated heterocycles. The zero-order valence-electron chi connectivity index (χ0n) is 8.43. The maximum atomic E-state index is 11.7. The molecule has 0 bridgehead atoms. The lowest BCUT2D eigenvalue weighted by Crippen LogP contribution is -2.01. The van der Waals surface area contributed by atoms with Crippen LogP contribution in [0.5, 0.6) is 0 Å². The summed E-state index contributed by atoms with van der Waals surface area (Å²) in [6.07, 6.45) is 1.22. The molecule has 2 nitrogen and oxygen atoms in total. The topological polar surface area (TPSA) is 26.3 Å². The van der Waals surface area contributed by atoms with Gasteiger partial charge in [0.05, 0.1) is 0 Å². The van der Waals surface area contributed by atoms with Gasteiger partial charge in [-0.25, -0.2) is 0 Å². The van der Waals surface area contributed by atoms with Crippen molar-refractivity contribution in [2.24, 2.45) is 0 Å². The molecule has 0 atom stereocenters. The summed E-state index contributed by atoms with van der Waals surface area (Å²) in [5.41, 5.74) is 0.644. The lowest BCUT2D eigenvalue weighted by Gasteiger charge is -2.02. The van der Waals surface area contributed by atoms with Gasteiger partial charge in [0.1, 0.15) is 0 Å². The van der Waals surface area contributed by atoms with Gasteiger partial charge in [-0.2, -0.15) is 0 Å². The second-order valence-corrected chi connectivity index (χ2v) is 4.53. The third kappa shape index (κ3) is 4.33. The number of ketones is 1. The number of halogens is 2. The first-order chi connectivity index (χ1) is 7.13. The van der Waals surface area contributed by atoms with E-state index in [1.165, 1.54) is 0 Å². The van der Waals surface area contributed by atoms with E-state index in [1.807, 2.05) is 0 Å². The predicted octanol–water partition coefficient (Wildman–Crippen LogP) is 3.71. The molecule has 1 aromatic rings. The second kappa shape index (κ2) is 6.26. The molecule has 1 rings (SSSR count). The molecule has 82 valence electrons. The molecular weight excluding hydrogens is 279 g/mol. The Labute approximate surface area is 103 Å². The SMILES string of the molecule is COCCCC(=O)c1cc(Cl)cc(Br)c1. The fourth-order valence-corrected chi connectivity index (χ4v) is 2.10. The van der Waals surface area contributed by atoms with Gasteiger partial charge in [-0.3, -0.25) is 4.79 Å². The monoisotopic (exact) mass is 290 g/mol. The third-order valence-corrected chi connectivity index (χ3v) is 2.61. The molecule has 15 heavy (non-hydrogen) atoms. The number of benzene rings is 1. The molecule has 0 amide bonds. The minimum Gasteiger partial charge on any atom is -0.385 e. The standard InChI is InChI=1S/C11H12BrClO2/c1-15-4-2-3-11(14)8-5-9(12)7-10(13)6-8/h5-7H,2-4H2,1H3. The van der Waals surface area contributed by atoms with Gasteiger partial charge in [-0.1, -0.05) is 27.5 Å². The third-order valence-electron chi connectivity index (χ3n) is 1.94. The van der Waals surface area contributed by atoms with Crippen LogP contribution in [0.4, 0.5) is 0 Å². The van der Waals surface area contributed by atoms with Crippen LogP contribution in [-0.2, 0) is 4.74 Å². The highest BCUT2D eigenvalue weighted by Crippen LogP contribution is 2.20. The number of hydrogen-bond acceptors (Lipinski definition) is 2. The van der Waals surface area contributed by atoms with Crippen LogP contribution in [0.25, 0.3) is 0 Å². The molecule has 0 saturated carbocycles. The van der Waals surface area contributed by atoms with Crippen LogP contribution >= 0.6 is 27.5 Å². The summed E-state index contributed by atoms with van der Waals surface area (Å²) in [5, 5.41) is 0.569. The van der Waals surface area contributed by atoms with Crippen molar-refractivity contribution < 1.29 is 9.53 Å². The van der Waals surface area contributed by atoms with Crippen LogP contribution in [0.3, 0.4) is 0 Å². The molecule has 0 aliphatic carbocycles. The summed E-state index contributed by atoms with van der Waals surface area (Å²) in [5.74, 6) is 0.0928. The number of hydrogen-bond donors (Lipinski definition) is 0. The van der Waals surface area contributed by atoms with Gasteiger partial charge < -0.3 is 4.74 Å². The molecule has 0 unspecified atom stereocenters. The largest absolute Gasteiger partial charge is 0.385 e. The summed E-state index contributed by atoms with van der Waals surface area (Å²) in [6.45, 7) is 0.605. The van der Waals surface area contributed by atoms with Gasteiger partial charge in [-0.05, 0) is 24.6 Å². The van der Waals surface area contributed by atoms with E-state index in [9.17, 15) is 4.79 Å².